The Hall–Kier alpha value is -1.33. The van der Waals surface area contributed by atoms with E-state index >= 15 is 0 Å². The van der Waals surface area contributed by atoms with Crippen LogP contribution in [0.2, 0.25) is 10.0 Å². The van der Waals surface area contributed by atoms with Gasteiger partial charge in [0.25, 0.3) is 5.91 Å². The zero-order valence-corrected chi connectivity index (χ0v) is 14.3. The fraction of sp³-hybridized carbons (Fsp3) is 0. The lowest BCUT2D eigenvalue weighted by atomic mass is 10.2. The molecule has 110 valence electrons. The fourth-order valence-corrected chi connectivity index (χ4v) is 3.83. The number of para-hydroxylation sites is 1. The number of amides is 1. The van der Waals surface area contributed by atoms with E-state index in [1.165, 1.54) is 16.7 Å². The summed E-state index contributed by atoms with van der Waals surface area (Å²) in [6.07, 6.45) is 1.69. The van der Waals surface area contributed by atoms with Crippen LogP contribution in [-0.2, 0) is 4.79 Å². The zero-order valence-electron chi connectivity index (χ0n) is 11.1. The Kier molecular flexibility index (Phi) is 4.54. The maximum atomic E-state index is 12.6. The average Bonchev–Trinajstić information content (AvgIpc) is 2.78. The lowest BCUT2D eigenvalue weighted by Gasteiger charge is -2.13. The lowest BCUT2D eigenvalue weighted by molar-refractivity contribution is -0.113. The van der Waals surface area contributed by atoms with Gasteiger partial charge in [0.2, 0.25) is 0 Å². The Labute approximate surface area is 147 Å². The minimum Gasteiger partial charge on any atom is -0.268 e. The van der Waals surface area contributed by atoms with Crippen LogP contribution >= 0.6 is 47.2 Å². The number of thioether (sulfide) groups is 1. The minimum atomic E-state index is -0.169. The Morgan fingerprint density at radius 2 is 1.64 bits per heavy atom. The highest BCUT2D eigenvalue weighted by molar-refractivity contribution is 8.27. The van der Waals surface area contributed by atoms with Crippen molar-refractivity contribution in [3.05, 3.63) is 69.0 Å². The van der Waals surface area contributed by atoms with Crippen molar-refractivity contribution in [3.8, 4) is 0 Å². The molecule has 1 saturated heterocycles. The molecule has 0 spiro atoms. The molecule has 2 aromatic rings. The van der Waals surface area contributed by atoms with Gasteiger partial charge in [-0.3, -0.25) is 9.69 Å². The molecule has 0 aromatic heterocycles. The Balaban J connectivity index is 2.00. The van der Waals surface area contributed by atoms with E-state index < -0.39 is 0 Å². The van der Waals surface area contributed by atoms with Crippen LogP contribution in [0.25, 0.3) is 6.08 Å². The average molecular weight is 366 g/mol. The molecule has 0 aliphatic carbocycles. The number of halogens is 2. The first-order valence-corrected chi connectivity index (χ1v) is 8.33. The van der Waals surface area contributed by atoms with Gasteiger partial charge in [0, 0.05) is 15.6 Å². The third-order valence-corrected chi connectivity index (χ3v) is 5.04. The van der Waals surface area contributed by atoms with Gasteiger partial charge in [-0.05, 0) is 30.3 Å². The smallest absolute Gasteiger partial charge is 0.268 e. The van der Waals surface area contributed by atoms with E-state index in [2.05, 4.69) is 0 Å². The summed E-state index contributed by atoms with van der Waals surface area (Å²) in [6.45, 7) is 0. The summed E-state index contributed by atoms with van der Waals surface area (Å²) >= 11 is 18.9. The maximum absolute atomic E-state index is 12.6. The monoisotopic (exact) mass is 365 g/mol. The van der Waals surface area contributed by atoms with Crippen molar-refractivity contribution in [3.63, 3.8) is 0 Å². The highest BCUT2D eigenvalue weighted by Crippen LogP contribution is 2.37. The van der Waals surface area contributed by atoms with Crippen LogP contribution in [0.1, 0.15) is 5.56 Å². The molecule has 1 aliphatic rings. The predicted molar refractivity (Wildman–Crippen MR) is 98.6 cm³/mol. The van der Waals surface area contributed by atoms with Crippen LogP contribution < -0.4 is 4.90 Å². The van der Waals surface area contributed by atoms with Crippen LogP contribution in [0.15, 0.2) is 53.4 Å². The van der Waals surface area contributed by atoms with Gasteiger partial charge in [-0.2, -0.15) is 0 Å². The first kappa shape index (κ1) is 15.6. The van der Waals surface area contributed by atoms with E-state index in [0.29, 0.717) is 24.8 Å². The minimum absolute atomic E-state index is 0.169. The molecule has 1 fully saturated rings. The van der Waals surface area contributed by atoms with Gasteiger partial charge in [0.15, 0.2) is 4.32 Å². The van der Waals surface area contributed by atoms with Crippen LogP contribution in [0.5, 0.6) is 0 Å². The van der Waals surface area contributed by atoms with Crippen LogP contribution in [0, 0.1) is 0 Å². The summed E-state index contributed by atoms with van der Waals surface area (Å²) in [6, 6.07) is 14.5. The number of rotatable bonds is 2. The Bertz CT molecular complexity index is 770. The van der Waals surface area contributed by atoms with E-state index in [1.807, 2.05) is 30.3 Å². The standard InChI is InChI=1S/C16H9Cl2NOS2/c17-12-7-4-8-13(18)11(12)9-14-15(20)19(16(21)22-14)10-5-2-1-3-6-10/h1-9H/b14-9-. The van der Waals surface area contributed by atoms with Gasteiger partial charge in [0.1, 0.15) is 0 Å². The third-order valence-electron chi connectivity index (χ3n) is 3.08. The molecule has 1 heterocycles. The molecule has 0 N–H and O–H groups in total. The van der Waals surface area contributed by atoms with E-state index in [0.717, 1.165) is 5.69 Å². The first-order chi connectivity index (χ1) is 10.6. The molecule has 0 radical (unpaired) electrons. The van der Waals surface area contributed by atoms with E-state index in [1.54, 1.807) is 24.3 Å². The lowest BCUT2D eigenvalue weighted by Crippen LogP contribution is -2.27. The second kappa shape index (κ2) is 6.42. The molecule has 1 amide bonds. The molecule has 22 heavy (non-hydrogen) atoms. The molecule has 6 heteroatoms. The number of benzene rings is 2. The van der Waals surface area contributed by atoms with Crippen molar-refractivity contribution >= 4 is 69.2 Å². The predicted octanol–water partition coefficient (Wildman–Crippen LogP) is 5.40. The van der Waals surface area contributed by atoms with Gasteiger partial charge < -0.3 is 0 Å². The van der Waals surface area contributed by atoms with Crippen molar-refractivity contribution < 1.29 is 4.79 Å². The number of carbonyl (C=O) groups is 1. The number of thiocarbonyl (C=S) groups is 1. The number of nitrogens with zero attached hydrogens (tertiary/aromatic N) is 1. The van der Waals surface area contributed by atoms with Gasteiger partial charge in [-0.15, -0.1) is 0 Å². The molecule has 0 unspecified atom stereocenters. The summed E-state index contributed by atoms with van der Waals surface area (Å²) in [5.74, 6) is -0.169. The second-order valence-corrected chi connectivity index (χ2v) is 6.98. The summed E-state index contributed by atoms with van der Waals surface area (Å²) in [5.41, 5.74) is 1.37. The number of anilines is 1. The van der Waals surface area contributed by atoms with Crippen LogP contribution in [0.3, 0.4) is 0 Å². The molecule has 2 aromatic carbocycles. The van der Waals surface area contributed by atoms with Crippen LogP contribution in [0.4, 0.5) is 5.69 Å². The Morgan fingerprint density at radius 3 is 2.27 bits per heavy atom. The molecule has 1 aliphatic heterocycles. The second-order valence-electron chi connectivity index (χ2n) is 4.49. The van der Waals surface area contributed by atoms with Crippen molar-refractivity contribution in [1.29, 1.82) is 0 Å². The fourth-order valence-electron chi connectivity index (χ4n) is 2.05. The molecule has 3 rings (SSSR count). The molecular formula is C16H9Cl2NOS2. The van der Waals surface area contributed by atoms with Crippen LogP contribution in [-0.4, -0.2) is 10.2 Å². The number of hydrogen-bond acceptors (Lipinski definition) is 3. The summed E-state index contributed by atoms with van der Waals surface area (Å²) in [4.78, 5) is 14.6. The van der Waals surface area contributed by atoms with Gasteiger partial charge >= 0.3 is 0 Å². The maximum Gasteiger partial charge on any atom is 0.270 e. The number of carbonyl (C=O) groups excluding carboxylic acids is 1. The van der Waals surface area contributed by atoms with Crippen molar-refractivity contribution in [2.24, 2.45) is 0 Å². The van der Waals surface area contributed by atoms with Crippen molar-refractivity contribution in [2.45, 2.75) is 0 Å². The quantitative estimate of drug-likeness (QED) is 0.524. The van der Waals surface area contributed by atoms with Crippen molar-refractivity contribution in [1.82, 2.24) is 0 Å². The molecule has 0 saturated carbocycles. The van der Waals surface area contributed by atoms with Crippen molar-refractivity contribution in [2.75, 3.05) is 4.90 Å². The SMILES string of the molecule is O=C1/C(=C/c2c(Cl)cccc2Cl)SC(=S)N1c1ccccc1. The third kappa shape index (κ3) is 2.92. The van der Waals surface area contributed by atoms with Gasteiger partial charge in [0.05, 0.1) is 10.6 Å². The molecular weight excluding hydrogens is 357 g/mol. The van der Waals surface area contributed by atoms with E-state index in [9.17, 15) is 4.79 Å². The Morgan fingerprint density at radius 1 is 1.00 bits per heavy atom. The zero-order chi connectivity index (χ0) is 15.7. The van der Waals surface area contributed by atoms with E-state index in [-0.39, 0.29) is 5.91 Å². The first-order valence-electron chi connectivity index (χ1n) is 6.35. The summed E-state index contributed by atoms with van der Waals surface area (Å²) < 4.78 is 0.491. The molecule has 2 nitrogen and oxygen atoms in total. The molecule has 0 atom stereocenters. The number of hydrogen-bond donors (Lipinski definition) is 0. The van der Waals surface area contributed by atoms with Gasteiger partial charge in [-0.25, -0.2) is 0 Å². The normalized spacial score (nSPS) is 16.6. The van der Waals surface area contributed by atoms with E-state index in [4.69, 9.17) is 35.4 Å². The topological polar surface area (TPSA) is 20.3 Å². The molecule has 0 bridgehead atoms. The summed E-state index contributed by atoms with van der Waals surface area (Å²) in [7, 11) is 0. The highest BCUT2D eigenvalue weighted by Gasteiger charge is 2.33. The summed E-state index contributed by atoms with van der Waals surface area (Å²) in [5, 5.41) is 0.995. The van der Waals surface area contributed by atoms with Gasteiger partial charge in [-0.1, -0.05) is 71.4 Å². The highest BCUT2D eigenvalue weighted by atomic mass is 35.5. The largest absolute Gasteiger partial charge is 0.270 e.